The monoisotopic (exact) mass is 387 g/mol. The Morgan fingerprint density at radius 3 is 2.44 bits per heavy atom. The molecule has 0 saturated heterocycles. The number of aliphatic hydroxyl groups is 1. The number of amides is 1. The third-order valence-corrected chi connectivity index (χ3v) is 4.24. The van der Waals surface area contributed by atoms with Crippen LogP contribution in [0.25, 0.3) is 0 Å². The number of nitrogens with zero attached hydrogens (tertiary/aromatic N) is 1. The van der Waals surface area contributed by atoms with Crippen molar-refractivity contribution in [2.75, 3.05) is 11.5 Å². The average Bonchev–Trinajstić information content (AvgIpc) is 2.60. The molecule has 1 N–H and O–H groups in total. The third-order valence-electron chi connectivity index (χ3n) is 3.47. The number of hydrogen-bond donors (Lipinski definition) is 1. The van der Waals surface area contributed by atoms with Crippen molar-refractivity contribution in [3.8, 4) is 11.8 Å². The van der Waals surface area contributed by atoms with Crippen LogP contribution in [-0.4, -0.2) is 42.7 Å². The molecule has 1 aromatic rings. The van der Waals surface area contributed by atoms with Crippen LogP contribution in [-0.2, 0) is 15.0 Å². The Balaban J connectivity index is 2.50. The van der Waals surface area contributed by atoms with E-state index in [4.69, 9.17) is 9.84 Å². The van der Waals surface area contributed by atoms with Crippen LogP contribution in [0, 0.1) is 11.8 Å². The summed E-state index contributed by atoms with van der Waals surface area (Å²) in [5.74, 6) is 5.32. The van der Waals surface area contributed by atoms with Crippen LogP contribution in [0.5, 0.6) is 0 Å². The van der Waals surface area contributed by atoms with Crippen LogP contribution in [0.2, 0.25) is 0 Å². The fourth-order valence-corrected chi connectivity index (χ4v) is 2.99. The van der Waals surface area contributed by atoms with Crippen molar-refractivity contribution in [2.24, 2.45) is 0 Å². The van der Waals surface area contributed by atoms with Gasteiger partial charge >= 0.3 is 6.09 Å². The van der Waals surface area contributed by atoms with E-state index in [2.05, 4.69) is 11.8 Å². The molecule has 1 atom stereocenters. The fraction of sp³-hybridized carbons (Fsp3) is 0.300. The molecule has 0 spiro atoms. The lowest BCUT2D eigenvalue weighted by Gasteiger charge is -2.32. The Morgan fingerprint density at radius 2 is 1.89 bits per heavy atom. The molecule has 2 rings (SSSR count). The predicted octanol–water partition coefficient (Wildman–Crippen LogP) is 2.32. The van der Waals surface area contributed by atoms with Crippen LogP contribution < -0.4 is 4.90 Å². The highest BCUT2D eigenvalue weighted by Gasteiger charge is 2.32. The molecular formula is C20H21NO5S. The van der Waals surface area contributed by atoms with Crippen LogP contribution >= 0.6 is 0 Å². The second-order valence-corrected chi connectivity index (χ2v) is 7.62. The van der Waals surface area contributed by atoms with E-state index in [1.165, 1.54) is 11.0 Å². The fourth-order valence-electron chi connectivity index (χ4n) is 2.42. The molecule has 1 aliphatic carbocycles. The van der Waals surface area contributed by atoms with Crippen molar-refractivity contribution in [1.82, 2.24) is 0 Å². The average molecular weight is 387 g/mol. The van der Waals surface area contributed by atoms with Crippen LogP contribution in [0.1, 0.15) is 26.3 Å². The molecular weight excluding hydrogens is 366 g/mol. The van der Waals surface area contributed by atoms with Gasteiger partial charge in [-0.3, -0.25) is 4.90 Å². The first kappa shape index (κ1) is 20.5. The number of aliphatic hydroxyl groups excluding tert-OH is 1. The lowest BCUT2D eigenvalue weighted by atomic mass is 10.1. The van der Waals surface area contributed by atoms with Crippen LogP contribution in [0.4, 0.5) is 10.5 Å². The smallest absolute Gasteiger partial charge is 0.415 e. The van der Waals surface area contributed by atoms with Gasteiger partial charge in [0.1, 0.15) is 12.2 Å². The summed E-state index contributed by atoms with van der Waals surface area (Å²) < 4.78 is 28.8. The zero-order chi connectivity index (χ0) is 20.0. The molecule has 0 bridgehead atoms. The summed E-state index contributed by atoms with van der Waals surface area (Å²) in [6.45, 7) is 4.97. The minimum absolute atomic E-state index is 0.0625. The van der Waals surface area contributed by atoms with E-state index in [9.17, 15) is 13.2 Å². The highest BCUT2D eigenvalue weighted by atomic mass is 32.2. The van der Waals surface area contributed by atoms with Gasteiger partial charge in [-0.25, -0.2) is 4.79 Å². The molecule has 0 aliphatic heterocycles. The van der Waals surface area contributed by atoms with E-state index in [0.29, 0.717) is 11.3 Å². The largest absolute Gasteiger partial charge is 0.443 e. The summed E-state index contributed by atoms with van der Waals surface area (Å²) in [6.07, 6.45) is 5.69. The van der Waals surface area contributed by atoms with Gasteiger partial charge in [0, 0.05) is 11.3 Å². The van der Waals surface area contributed by atoms with E-state index in [1.807, 2.05) is 0 Å². The summed E-state index contributed by atoms with van der Waals surface area (Å²) in [6, 6.07) is 5.86. The standard InChI is InChI=1S/C20H21NO5S/c1-20(2,3)26-19(23)21(17-8-4-5-9-18(17)27(24)25)16-12-10-15(11-13-16)7-6-14-22/h4-5,8-13,17,22H,14H2,1-3H3. The lowest BCUT2D eigenvalue weighted by Crippen LogP contribution is -2.47. The van der Waals surface area contributed by atoms with Gasteiger partial charge in [-0.05, 0) is 51.1 Å². The van der Waals surface area contributed by atoms with Gasteiger partial charge in [0.05, 0.1) is 10.9 Å². The summed E-state index contributed by atoms with van der Waals surface area (Å²) in [5, 5.41) is 8.78. The number of allylic oxidation sites excluding steroid dienone is 2. The number of carbonyl (C=O) groups excluding carboxylic acids is 1. The van der Waals surface area contributed by atoms with Gasteiger partial charge in [-0.15, -0.1) is 0 Å². The zero-order valence-corrected chi connectivity index (χ0v) is 16.2. The summed E-state index contributed by atoms with van der Waals surface area (Å²) in [7, 11) is -2.50. The second kappa shape index (κ2) is 8.71. The number of anilines is 1. The summed E-state index contributed by atoms with van der Waals surface area (Å²) >= 11 is 0. The first-order chi connectivity index (χ1) is 12.7. The SMILES string of the molecule is CC(C)(C)OC(=O)N(c1ccc(C#CCO)cc1)C1C=CC=CC1=S(=O)=O. The molecule has 1 aliphatic rings. The normalized spacial score (nSPS) is 15.7. The van der Waals surface area contributed by atoms with Gasteiger partial charge in [0.15, 0.2) is 0 Å². The molecule has 0 saturated carbocycles. The first-order valence-corrected chi connectivity index (χ1v) is 9.33. The van der Waals surface area contributed by atoms with Crippen molar-refractivity contribution in [2.45, 2.75) is 32.4 Å². The number of ether oxygens (including phenoxy) is 1. The van der Waals surface area contributed by atoms with Crippen molar-refractivity contribution >= 4 is 26.9 Å². The molecule has 0 radical (unpaired) electrons. The quantitative estimate of drug-likeness (QED) is 0.622. The molecule has 1 unspecified atom stereocenters. The second-order valence-electron chi connectivity index (χ2n) is 6.68. The maximum Gasteiger partial charge on any atom is 0.415 e. The van der Waals surface area contributed by atoms with Crippen LogP contribution in [0.15, 0.2) is 48.6 Å². The lowest BCUT2D eigenvalue weighted by molar-refractivity contribution is 0.0579. The summed E-state index contributed by atoms with van der Waals surface area (Å²) in [4.78, 5) is 14.2. The van der Waals surface area contributed by atoms with E-state index < -0.39 is 28.0 Å². The van der Waals surface area contributed by atoms with Crippen molar-refractivity contribution in [1.29, 1.82) is 0 Å². The topological polar surface area (TPSA) is 83.9 Å². The number of benzene rings is 1. The Bertz CT molecular complexity index is 946. The minimum Gasteiger partial charge on any atom is -0.443 e. The van der Waals surface area contributed by atoms with Gasteiger partial charge in [-0.1, -0.05) is 30.1 Å². The first-order valence-electron chi connectivity index (χ1n) is 8.26. The molecule has 142 valence electrons. The van der Waals surface area contributed by atoms with E-state index >= 15 is 0 Å². The van der Waals surface area contributed by atoms with Gasteiger partial charge in [-0.2, -0.15) is 8.42 Å². The Morgan fingerprint density at radius 1 is 1.22 bits per heavy atom. The Labute approximate surface area is 160 Å². The summed E-state index contributed by atoms with van der Waals surface area (Å²) in [5.41, 5.74) is 0.381. The van der Waals surface area contributed by atoms with Gasteiger partial charge in [0.2, 0.25) is 10.3 Å². The van der Waals surface area contributed by atoms with Crippen LogP contribution in [0.3, 0.4) is 0 Å². The molecule has 27 heavy (non-hydrogen) atoms. The molecule has 0 fully saturated rings. The highest BCUT2D eigenvalue weighted by molar-refractivity contribution is 7.73. The minimum atomic E-state index is -2.50. The maximum atomic E-state index is 12.9. The van der Waals surface area contributed by atoms with Crippen molar-refractivity contribution in [3.63, 3.8) is 0 Å². The molecule has 1 amide bonds. The molecule has 1 aromatic carbocycles. The molecule has 0 heterocycles. The van der Waals surface area contributed by atoms with E-state index in [-0.39, 0.29) is 11.5 Å². The zero-order valence-electron chi connectivity index (χ0n) is 15.3. The molecule has 0 aromatic heterocycles. The number of hydrogen-bond acceptors (Lipinski definition) is 5. The Hall–Kier alpha value is -2.82. The van der Waals surface area contributed by atoms with E-state index in [0.717, 1.165) is 0 Å². The van der Waals surface area contributed by atoms with E-state index in [1.54, 1.807) is 63.3 Å². The van der Waals surface area contributed by atoms with Crippen molar-refractivity contribution in [3.05, 3.63) is 54.1 Å². The van der Waals surface area contributed by atoms with Crippen molar-refractivity contribution < 1.29 is 23.1 Å². The number of carbonyl (C=O) groups is 1. The molecule has 7 heteroatoms. The maximum absolute atomic E-state index is 12.9. The van der Waals surface area contributed by atoms with Gasteiger partial charge in [0.25, 0.3) is 0 Å². The number of rotatable bonds is 2. The Kier molecular flexibility index (Phi) is 6.61. The predicted molar refractivity (Wildman–Crippen MR) is 105 cm³/mol. The van der Waals surface area contributed by atoms with Gasteiger partial charge < -0.3 is 9.84 Å². The molecule has 6 nitrogen and oxygen atoms in total. The third kappa shape index (κ3) is 5.58. The highest BCUT2D eigenvalue weighted by Crippen LogP contribution is 2.24.